The van der Waals surface area contributed by atoms with Gasteiger partial charge in [0, 0.05) is 12.5 Å². The Hall–Kier alpha value is -1.31. The molecule has 1 N–H and O–H groups in total. The van der Waals surface area contributed by atoms with Gasteiger partial charge >= 0.3 is 0 Å². The Bertz CT molecular complexity index is 495. The monoisotopic (exact) mass is 258 g/mol. The number of rotatable bonds is 1. The molecule has 0 aliphatic carbocycles. The van der Waals surface area contributed by atoms with E-state index in [1.165, 1.54) is 16.7 Å². The third kappa shape index (κ3) is 2.58. The van der Waals surface area contributed by atoms with Crippen molar-refractivity contribution in [3.05, 3.63) is 71.3 Å². The lowest BCUT2D eigenvalue weighted by atomic mass is 9.88. The predicted molar refractivity (Wildman–Crippen MR) is 71.3 cm³/mol. The van der Waals surface area contributed by atoms with Crippen molar-refractivity contribution in [2.24, 2.45) is 0 Å². The molecule has 0 bridgehead atoms. The molecule has 3 rings (SSSR count). The van der Waals surface area contributed by atoms with Crippen LogP contribution in [0.4, 0.5) is 0 Å². The van der Waals surface area contributed by atoms with Gasteiger partial charge in [0.05, 0.1) is 0 Å². The Morgan fingerprint density at radius 2 is 1.61 bits per heavy atom. The maximum Gasteiger partial charge on any atom is 0.0217 e. The van der Waals surface area contributed by atoms with Gasteiger partial charge in [-0.3, -0.25) is 0 Å². The van der Waals surface area contributed by atoms with Crippen molar-refractivity contribution in [3.8, 4) is 0 Å². The molecule has 0 spiro atoms. The number of fused-ring (bicyclic) bond motifs is 1. The van der Waals surface area contributed by atoms with E-state index in [9.17, 15) is 0 Å². The van der Waals surface area contributed by atoms with Gasteiger partial charge in [-0.1, -0.05) is 54.6 Å². The Labute approximate surface area is 115 Å². The molecule has 2 aromatic carbocycles. The Morgan fingerprint density at radius 1 is 0.889 bits per heavy atom. The molecular weight excluding hydrogens is 242 g/mol. The first-order valence-electron chi connectivity index (χ1n) is 6.28. The van der Waals surface area contributed by atoms with Crippen LogP contribution in [-0.4, -0.2) is 13.1 Å². The van der Waals surface area contributed by atoms with Crippen LogP contribution in [0.3, 0.4) is 0 Å². The lowest BCUT2D eigenvalue weighted by Gasteiger charge is -2.17. The minimum absolute atomic E-state index is 0. The molecule has 1 nitrogen and oxygen atoms in total. The number of hydrogen-bond acceptors (Lipinski definition) is 1. The molecule has 0 radical (unpaired) electrons. The maximum atomic E-state index is 3.54. The van der Waals surface area contributed by atoms with Crippen LogP contribution >= 0.6 is 0 Å². The number of benzene rings is 2. The molecule has 1 aliphatic rings. The standard InChI is InChI=1S/C16H17N.ClH/c1-2-6-13(7-3-1)16-12-17-11-10-14-8-4-5-9-15(14)16;/h1-9,16-17H,10-12H2;1H/p-1. The summed E-state index contributed by atoms with van der Waals surface area (Å²) in [5, 5.41) is 3.54. The summed E-state index contributed by atoms with van der Waals surface area (Å²) in [6.07, 6.45) is 1.14. The zero-order valence-electron chi connectivity index (χ0n) is 10.3. The lowest BCUT2D eigenvalue weighted by molar-refractivity contribution is -0.00000338. The van der Waals surface area contributed by atoms with Crippen molar-refractivity contribution in [2.75, 3.05) is 13.1 Å². The molecule has 2 aromatic rings. The molecule has 2 heteroatoms. The van der Waals surface area contributed by atoms with Gasteiger partial charge in [-0.25, -0.2) is 0 Å². The van der Waals surface area contributed by atoms with E-state index in [1.54, 1.807) is 0 Å². The van der Waals surface area contributed by atoms with Crippen molar-refractivity contribution in [2.45, 2.75) is 12.3 Å². The molecule has 0 fully saturated rings. The normalized spacial score (nSPS) is 18.3. The molecule has 1 aliphatic heterocycles. The van der Waals surface area contributed by atoms with Crippen LogP contribution in [0.5, 0.6) is 0 Å². The largest absolute Gasteiger partial charge is 1.00 e. The van der Waals surface area contributed by atoms with E-state index in [0.717, 1.165) is 19.5 Å². The first-order chi connectivity index (χ1) is 8.45. The van der Waals surface area contributed by atoms with E-state index in [2.05, 4.69) is 59.9 Å². The summed E-state index contributed by atoms with van der Waals surface area (Å²) in [5.41, 5.74) is 4.39. The van der Waals surface area contributed by atoms with Crippen LogP contribution in [0.15, 0.2) is 54.6 Å². The first-order valence-corrected chi connectivity index (χ1v) is 6.28. The van der Waals surface area contributed by atoms with Gasteiger partial charge in [0.2, 0.25) is 0 Å². The molecule has 1 unspecified atom stereocenters. The second kappa shape index (κ2) is 6.03. The Kier molecular flexibility index (Phi) is 4.40. The smallest absolute Gasteiger partial charge is 0.0217 e. The van der Waals surface area contributed by atoms with Crippen molar-refractivity contribution in [1.29, 1.82) is 0 Å². The molecule has 0 saturated heterocycles. The van der Waals surface area contributed by atoms with Gasteiger partial charge in [0.15, 0.2) is 0 Å². The van der Waals surface area contributed by atoms with Crippen LogP contribution in [0.2, 0.25) is 0 Å². The zero-order chi connectivity index (χ0) is 11.5. The highest BCUT2D eigenvalue weighted by atomic mass is 35.5. The minimum atomic E-state index is 0. The van der Waals surface area contributed by atoms with Crippen molar-refractivity contribution < 1.29 is 12.4 Å². The first kappa shape index (κ1) is 13.1. The van der Waals surface area contributed by atoms with Crippen LogP contribution in [0.25, 0.3) is 0 Å². The van der Waals surface area contributed by atoms with Gasteiger partial charge in [-0.15, -0.1) is 0 Å². The summed E-state index contributed by atoms with van der Waals surface area (Å²) in [5.74, 6) is 0.495. The summed E-state index contributed by atoms with van der Waals surface area (Å²) >= 11 is 0. The summed E-state index contributed by atoms with van der Waals surface area (Å²) in [6.45, 7) is 2.13. The highest BCUT2D eigenvalue weighted by molar-refractivity contribution is 5.39. The van der Waals surface area contributed by atoms with E-state index in [4.69, 9.17) is 0 Å². The van der Waals surface area contributed by atoms with E-state index < -0.39 is 0 Å². The SMILES string of the molecule is [Cl-].c1ccc(C2CNCCc3ccccc32)cc1. The summed E-state index contributed by atoms with van der Waals surface area (Å²) < 4.78 is 0. The van der Waals surface area contributed by atoms with E-state index in [0.29, 0.717) is 5.92 Å². The lowest BCUT2D eigenvalue weighted by Crippen LogP contribution is -3.00. The van der Waals surface area contributed by atoms with Crippen LogP contribution in [-0.2, 0) is 6.42 Å². The Balaban J connectivity index is 0.00000120. The highest BCUT2D eigenvalue weighted by Crippen LogP contribution is 2.28. The average molecular weight is 259 g/mol. The number of halogens is 1. The summed E-state index contributed by atoms with van der Waals surface area (Å²) in [6, 6.07) is 19.6. The topological polar surface area (TPSA) is 12.0 Å². The molecule has 1 atom stereocenters. The molecule has 18 heavy (non-hydrogen) atoms. The van der Waals surface area contributed by atoms with Crippen LogP contribution in [0.1, 0.15) is 22.6 Å². The third-order valence-electron chi connectivity index (χ3n) is 3.55. The maximum absolute atomic E-state index is 3.54. The van der Waals surface area contributed by atoms with Crippen LogP contribution < -0.4 is 17.7 Å². The van der Waals surface area contributed by atoms with Crippen molar-refractivity contribution >= 4 is 0 Å². The van der Waals surface area contributed by atoms with Gasteiger partial charge in [-0.05, 0) is 29.7 Å². The van der Waals surface area contributed by atoms with Crippen molar-refractivity contribution in [1.82, 2.24) is 5.32 Å². The fourth-order valence-corrected chi connectivity index (χ4v) is 2.66. The predicted octanol–water partition coefficient (Wildman–Crippen LogP) is -0.0318. The fraction of sp³-hybridized carbons (Fsp3) is 0.250. The quantitative estimate of drug-likeness (QED) is 0.758. The van der Waals surface area contributed by atoms with Crippen molar-refractivity contribution in [3.63, 3.8) is 0 Å². The van der Waals surface area contributed by atoms with E-state index in [1.807, 2.05) is 0 Å². The summed E-state index contributed by atoms with van der Waals surface area (Å²) in [7, 11) is 0. The van der Waals surface area contributed by atoms with Gasteiger partial charge < -0.3 is 17.7 Å². The van der Waals surface area contributed by atoms with Gasteiger partial charge in [0.25, 0.3) is 0 Å². The Morgan fingerprint density at radius 3 is 2.44 bits per heavy atom. The third-order valence-corrected chi connectivity index (χ3v) is 3.55. The molecular formula is C16H17ClN-. The molecule has 94 valence electrons. The second-order valence-corrected chi connectivity index (χ2v) is 4.62. The van der Waals surface area contributed by atoms with Crippen LogP contribution in [0, 0.1) is 0 Å². The van der Waals surface area contributed by atoms with E-state index >= 15 is 0 Å². The van der Waals surface area contributed by atoms with E-state index in [-0.39, 0.29) is 12.4 Å². The number of hydrogen-bond donors (Lipinski definition) is 1. The average Bonchev–Trinajstić information content (AvgIpc) is 2.62. The number of nitrogens with one attached hydrogen (secondary N) is 1. The second-order valence-electron chi connectivity index (χ2n) is 4.62. The van der Waals surface area contributed by atoms with Gasteiger partial charge in [0.1, 0.15) is 0 Å². The molecule has 0 saturated carbocycles. The fourth-order valence-electron chi connectivity index (χ4n) is 2.66. The zero-order valence-corrected chi connectivity index (χ0v) is 11.0. The molecule has 0 amide bonds. The summed E-state index contributed by atoms with van der Waals surface area (Å²) in [4.78, 5) is 0. The molecule has 0 aromatic heterocycles. The minimum Gasteiger partial charge on any atom is -1.00 e. The van der Waals surface area contributed by atoms with Gasteiger partial charge in [-0.2, -0.15) is 0 Å². The highest BCUT2D eigenvalue weighted by Gasteiger charge is 2.19. The molecule has 1 heterocycles.